The number of thioether (sulfide) groups is 1. The molecule has 0 saturated heterocycles. The fourth-order valence-corrected chi connectivity index (χ4v) is 3.15. The van der Waals surface area contributed by atoms with E-state index < -0.39 is 5.97 Å². The van der Waals surface area contributed by atoms with Crippen LogP contribution < -0.4 is 0 Å². The SMILES string of the molecule is C[C@@H](c1ccccc1)N(C)C(=O)CSc1ccccc1C(=O)O. The molecule has 0 bridgehead atoms. The number of hydrogen-bond donors (Lipinski definition) is 1. The second-order valence-corrected chi connectivity index (χ2v) is 6.20. The third-order valence-electron chi connectivity index (χ3n) is 3.72. The lowest BCUT2D eigenvalue weighted by atomic mass is 10.1. The van der Waals surface area contributed by atoms with Crippen molar-refractivity contribution in [2.75, 3.05) is 12.8 Å². The Morgan fingerprint density at radius 1 is 1.09 bits per heavy atom. The molecular weight excluding hydrogens is 310 g/mol. The third-order valence-corrected chi connectivity index (χ3v) is 4.78. The van der Waals surface area contributed by atoms with Gasteiger partial charge in [0.25, 0.3) is 0 Å². The zero-order valence-corrected chi connectivity index (χ0v) is 13.9. The average Bonchev–Trinajstić information content (AvgIpc) is 2.59. The van der Waals surface area contributed by atoms with E-state index in [1.54, 1.807) is 36.2 Å². The summed E-state index contributed by atoms with van der Waals surface area (Å²) >= 11 is 1.25. The molecule has 23 heavy (non-hydrogen) atoms. The summed E-state index contributed by atoms with van der Waals surface area (Å²) in [4.78, 5) is 25.8. The first-order chi connectivity index (χ1) is 11.0. The summed E-state index contributed by atoms with van der Waals surface area (Å²) in [5, 5.41) is 9.17. The van der Waals surface area contributed by atoms with Gasteiger partial charge in [0.05, 0.1) is 17.4 Å². The number of carboxylic acids is 1. The van der Waals surface area contributed by atoms with Crippen LogP contribution >= 0.6 is 11.8 Å². The van der Waals surface area contributed by atoms with Crippen molar-refractivity contribution in [1.29, 1.82) is 0 Å². The largest absolute Gasteiger partial charge is 0.478 e. The van der Waals surface area contributed by atoms with E-state index in [1.807, 2.05) is 37.3 Å². The van der Waals surface area contributed by atoms with E-state index in [0.717, 1.165) is 5.56 Å². The van der Waals surface area contributed by atoms with E-state index in [0.29, 0.717) is 4.90 Å². The summed E-state index contributed by atoms with van der Waals surface area (Å²) in [7, 11) is 1.77. The topological polar surface area (TPSA) is 57.6 Å². The van der Waals surface area contributed by atoms with Crippen molar-refractivity contribution in [2.24, 2.45) is 0 Å². The van der Waals surface area contributed by atoms with Gasteiger partial charge in [-0.25, -0.2) is 4.79 Å². The molecule has 2 aromatic rings. The molecule has 0 unspecified atom stereocenters. The highest BCUT2D eigenvalue weighted by atomic mass is 32.2. The van der Waals surface area contributed by atoms with Crippen LogP contribution in [0.5, 0.6) is 0 Å². The molecule has 0 heterocycles. The van der Waals surface area contributed by atoms with Gasteiger partial charge in [0.2, 0.25) is 5.91 Å². The van der Waals surface area contributed by atoms with Gasteiger partial charge in [-0.1, -0.05) is 42.5 Å². The van der Waals surface area contributed by atoms with Gasteiger partial charge in [-0.05, 0) is 24.6 Å². The molecular formula is C18H19NO3S. The number of carbonyl (C=O) groups excluding carboxylic acids is 1. The van der Waals surface area contributed by atoms with Crippen molar-refractivity contribution >= 4 is 23.6 Å². The predicted molar refractivity (Wildman–Crippen MR) is 91.8 cm³/mol. The Morgan fingerprint density at radius 2 is 1.70 bits per heavy atom. The van der Waals surface area contributed by atoms with Crippen molar-refractivity contribution in [2.45, 2.75) is 17.9 Å². The third kappa shape index (κ3) is 4.36. The summed E-state index contributed by atoms with van der Waals surface area (Å²) in [5.74, 6) is -0.809. The summed E-state index contributed by atoms with van der Waals surface area (Å²) in [6.45, 7) is 1.98. The molecule has 0 aliphatic rings. The summed E-state index contributed by atoms with van der Waals surface area (Å²) in [6, 6.07) is 16.5. The lowest BCUT2D eigenvalue weighted by molar-refractivity contribution is -0.128. The minimum atomic E-state index is -0.980. The van der Waals surface area contributed by atoms with Crippen LogP contribution in [-0.2, 0) is 4.79 Å². The number of amides is 1. The van der Waals surface area contributed by atoms with Gasteiger partial charge in [-0.2, -0.15) is 0 Å². The van der Waals surface area contributed by atoms with Gasteiger partial charge in [0.15, 0.2) is 0 Å². The second-order valence-electron chi connectivity index (χ2n) is 5.18. The van der Waals surface area contributed by atoms with Crippen LogP contribution in [0.4, 0.5) is 0 Å². The second kappa shape index (κ2) is 7.83. The van der Waals surface area contributed by atoms with Gasteiger partial charge in [0.1, 0.15) is 0 Å². The smallest absolute Gasteiger partial charge is 0.336 e. The molecule has 0 fully saturated rings. The van der Waals surface area contributed by atoms with Crippen molar-refractivity contribution in [3.05, 3.63) is 65.7 Å². The fraction of sp³-hybridized carbons (Fsp3) is 0.222. The first kappa shape index (κ1) is 17.1. The van der Waals surface area contributed by atoms with Gasteiger partial charge in [0, 0.05) is 11.9 Å². The Hall–Kier alpha value is -2.27. The first-order valence-electron chi connectivity index (χ1n) is 7.26. The van der Waals surface area contributed by atoms with Crippen LogP contribution in [-0.4, -0.2) is 34.7 Å². The maximum Gasteiger partial charge on any atom is 0.336 e. The van der Waals surface area contributed by atoms with Crippen LogP contribution in [0.2, 0.25) is 0 Å². The highest BCUT2D eigenvalue weighted by Crippen LogP contribution is 2.25. The van der Waals surface area contributed by atoms with Crippen molar-refractivity contribution in [1.82, 2.24) is 4.90 Å². The van der Waals surface area contributed by atoms with Crippen molar-refractivity contribution in [3.63, 3.8) is 0 Å². The number of carbonyl (C=O) groups is 2. The molecule has 0 aromatic heterocycles. The Labute approximate surface area is 140 Å². The maximum absolute atomic E-state index is 12.4. The first-order valence-corrected chi connectivity index (χ1v) is 8.25. The molecule has 120 valence electrons. The number of aromatic carboxylic acids is 1. The molecule has 1 N–H and O–H groups in total. The Bertz CT molecular complexity index is 688. The van der Waals surface area contributed by atoms with Crippen LogP contribution in [0, 0.1) is 0 Å². The molecule has 0 saturated carbocycles. The van der Waals surface area contributed by atoms with Gasteiger partial charge < -0.3 is 10.0 Å². The number of rotatable bonds is 6. The lowest BCUT2D eigenvalue weighted by Crippen LogP contribution is -2.31. The lowest BCUT2D eigenvalue weighted by Gasteiger charge is -2.25. The molecule has 0 spiro atoms. The van der Waals surface area contributed by atoms with Crippen LogP contribution in [0.25, 0.3) is 0 Å². The minimum Gasteiger partial charge on any atom is -0.478 e. The predicted octanol–water partition coefficient (Wildman–Crippen LogP) is 3.70. The minimum absolute atomic E-state index is 0.0287. The zero-order valence-electron chi connectivity index (χ0n) is 13.1. The quantitative estimate of drug-likeness (QED) is 0.821. The van der Waals surface area contributed by atoms with E-state index in [1.165, 1.54) is 11.8 Å². The molecule has 0 aliphatic heterocycles. The van der Waals surface area contributed by atoms with Crippen LogP contribution in [0.1, 0.15) is 28.9 Å². The molecule has 2 aromatic carbocycles. The van der Waals surface area contributed by atoms with E-state index in [-0.39, 0.29) is 23.3 Å². The Kier molecular flexibility index (Phi) is 5.82. The monoisotopic (exact) mass is 329 g/mol. The number of carboxylic acid groups (broad SMARTS) is 1. The molecule has 0 aliphatic carbocycles. The fourth-order valence-electron chi connectivity index (χ4n) is 2.18. The standard InChI is InChI=1S/C18H19NO3S/c1-13(14-8-4-3-5-9-14)19(2)17(20)12-23-16-11-7-6-10-15(16)18(21)22/h3-11,13H,12H2,1-2H3,(H,21,22)/t13-/m0/s1. The maximum atomic E-state index is 12.4. The van der Waals surface area contributed by atoms with Crippen LogP contribution in [0.15, 0.2) is 59.5 Å². The van der Waals surface area contributed by atoms with E-state index in [9.17, 15) is 9.59 Å². The number of hydrogen-bond acceptors (Lipinski definition) is 3. The van der Waals surface area contributed by atoms with E-state index >= 15 is 0 Å². The van der Waals surface area contributed by atoms with Crippen molar-refractivity contribution in [3.8, 4) is 0 Å². The van der Waals surface area contributed by atoms with Crippen LogP contribution in [0.3, 0.4) is 0 Å². The molecule has 2 rings (SSSR count). The van der Waals surface area contributed by atoms with Crippen molar-refractivity contribution < 1.29 is 14.7 Å². The summed E-state index contributed by atoms with van der Waals surface area (Å²) in [5.41, 5.74) is 1.29. The van der Waals surface area contributed by atoms with Gasteiger partial charge in [-0.15, -0.1) is 11.8 Å². The molecule has 5 heteroatoms. The molecule has 1 atom stereocenters. The average molecular weight is 329 g/mol. The van der Waals surface area contributed by atoms with E-state index in [2.05, 4.69) is 0 Å². The van der Waals surface area contributed by atoms with Gasteiger partial charge in [-0.3, -0.25) is 4.79 Å². The molecule has 1 amide bonds. The zero-order chi connectivity index (χ0) is 16.8. The Morgan fingerprint density at radius 3 is 2.35 bits per heavy atom. The van der Waals surface area contributed by atoms with E-state index in [4.69, 9.17) is 5.11 Å². The summed E-state index contributed by atoms with van der Waals surface area (Å²) in [6.07, 6.45) is 0. The normalized spacial score (nSPS) is 11.7. The molecule has 0 radical (unpaired) electrons. The highest BCUT2D eigenvalue weighted by molar-refractivity contribution is 8.00. The number of nitrogens with zero attached hydrogens (tertiary/aromatic N) is 1. The number of benzene rings is 2. The highest BCUT2D eigenvalue weighted by Gasteiger charge is 2.18. The summed E-state index contributed by atoms with van der Waals surface area (Å²) < 4.78 is 0. The Balaban J connectivity index is 2.01. The molecule has 4 nitrogen and oxygen atoms in total. The van der Waals surface area contributed by atoms with Gasteiger partial charge >= 0.3 is 5.97 Å².